The van der Waals surface area contributed by atoms with Crippen molar-refractivity contribution >= 4 is 22.8 Å². The quantitative estimate of drug-likeness (QED) is 0.577. The summed E-state index contributed by atoms with van der Waals surface area (Å²) in [6.45, 7) is 9.85. The second kappa shape index (κ2) is 10.2. The number of esters is 1. The van der Waals surface area contributed by atoms with Gasteiger partial charge in [-0.05, 0) is 65.9 Å². The first-order valence-electron chi connectivity index (χ1n) is 6.53. The lowest BCUT2D eigenvalue weighted by atomic mass is 10.0. The van der Waals surface area contributed by atoms with E-state index in [1.807, 2.05) is 41.8 Å². The topological polar surface area (TPSA) is 46.6 Å². The summed E-state index contributed by atoms with van der Waals surface area (Å²) < 4.78 is 4.80. The SMILES string of the molecule is CC(=O)OC(C)(C)C.CCC(CCN(C)C)C(=O)Cl. The van der Waals surface area contributed by atoms with E-state index in [9.17, 15) is 9.59 Å². The highest BCUT2D eigenvalue weighted by Crippen LogP contribution is 2.11. The molecule has 0 spiro atoms. The molecule has 0 N–H and O–H groups in total. The van der Waals surface area contributed by atoms with Gasteiger partial charge in [-0.25, -0.2) is 0 Å². The van der Waals surface area contributed by atoms with Gasteiger partial charge in [-0.3, -0.25) is 9.59 Å². The molecule has 0 bridgehead atoms. The summed E-state index contributed by atoms with van der Waals surface area (Å²) in [5.74, 6) is -0.184. The predicted octanol–water partition coefficient (Wildman–Crippen LogP) is 3.08. The maximum Gasteiger partial charge on any atom is 0.303 e. The third-order valence-corrected chi connectivity index (χ3v) is 2.50. The van der Waals surface area contributed by atoms with Crippen LogP contribution in [0.25, 0.3) is 0 Å². The zero-order valence-electron chi connectivity index (χ0n) is 13.2. The molecular weight excluding hydrogens is 266 g/mol. The van der Waals surface area contributed by atoms with E-state index in [0.29, 0.717) is 0 Å². The minimum Gasteiger partial charge on any atom is -0.460 e. The van der Waals surface area contributed by atoms with Gasteiger partial charge >= 0.3 is 5.97 Å². The monoisotopic (exact) mass is 293 g/mol. The summed E-state index contributed by atoms with van der Waals surface area (Å²) in [5.41, 5.74) is -0.328. The van der Waals surface area contributed by atoms with Crippen LogP contribution in [0.1, 0.15) is 47.5 Å². The summed E-state index contributed by atoms with van der Waals surface area (Å²) >= 11 is 5.37. The summed E-state index contributed by atoms with van der Waals surface area (Å²) in [6, 6.07) is 0. The molecule has 5 heteroatoms. The Morgan fingerprint density at radius 2 is 1.74 bits per heavy atom. The third kappa shape index (κ3) is 17.4. The van der Waals surface area contributed by atoms with Crippen molar-refractivity contribution in [2.45, 2.75) is 53.1 Å². The highest BCUT2D eigenvalue weighted by molar-refractivity contribution is 6.63. The van der Waals surface area contributed by atoms with E-state index in [0.717, 1.165) is 19.4 Å². The predicted molar refractivity (Wildman–Crippen MR) is 79.3 cm³/mol. The van der Waals surface area contributed by atoms with Crippen molar-refractivity contribution in [2.24, 2.45) is 5.92 Å². The molecule has 0 aliphatic heterocycles. The zero-order valence-corrected chi connectivity index (χ0v) is 14.0. The molecule has 0 fully saturated rings. The van der Waals surface area contributed by atoms with Crippen LogP contribution in [0.5, 0.6) is 0 Å². The molecule has 0 amide bonds. The van der Waals surface area contributed by atoms with E-state index in [2.05, 4.69) is 4.90 Å². The van der Waals surface area contributed by atoms with Crippen LogP contribution in [0.3, 0.4) is 0 Å². The van der Waals surface area contributed by atoms with Crippen LogP contribution in [-0.2, 0) is 14.3 Å². The number of hydrogen-bond acceptors (Lipinski definition) is 4. The lowest BCUT2D eigenvalue weighted by Gasteiger charge is -2.17. The molecule has 19 heavy (non-hydrogen) atoms. The minimum atomic E-state index is -0.328. The van der Waals surface area contributed by atoms with E-state index in [4.69, 9.17) is 16.3 Å². The highest BCUT2D eigenvalue weighted by atomic mass is 35.5. The summed E-state index contributed by atoms with van der Waals surface area (Å²) in [5, 5.41) is -0.200. The number of carbonyl (C=O) groups excluding carboxylic acids is 2. The van der Waals surface area contributed by atoms with Gasteiger partial charge < -0.3 is 9.64 Å². The van der Waals surface area contributed by atoms with E-state index in [-0.39, 0.29) is 22.7 Å². The fraction of sp³-hybridized carbons (Fsp3) is 0.857. The molecule has 114 valence electrons. The van der Waals surface area contributed by atoms with E-state index >= 15 is 0 Å². The first-order valence-corrected chi connectivity index (χ1v) is 6.91. The zero-order chi connectivity index (χ0) is 15.6. The Bertz CT molecular complexity index is 272. The molecule has 0 heterocycles. The molecule has 0 aromatic heterocycles. The summed E-state index contributed by atoms with van der Waals surface area (Å²) in [7, 11) is 3.98. The third-order valence-electron chi connectivity index (χ3n) is 2.19. The first-order chi connectivity index (χ1) is 8.49. The van der Waals surface area contributed by atoms with Crippen LogP contribution in [0.2, 0.25) is 0 Å². The Labute approximate surface area is 122 Å². The fourth-order valence-electron chi connectivity index (χ4n) is 1.32. The molecule has 0 aliphatic carbocycles. The van der Waals surface area contributed by atoms with E-state index in [1.165, 1.54) is 6.92 Å². The Balaban J connectivity index is 0. The van der Waals surface area contributed by atoms with Gasteiger partial charge in [0, 0.05) is 12.8 Å². The lowest BCUT2D eigenvalue weighted by Crippen LogP contribution is -2.21. The van der Waals surface area contributed by atoms with Gasteiger partial charge in [-0.1, -0.05) is 6.92 Å². The van der Waals surface area contributed by atoms with Crippen molar-refractivity contribution in [1.82, 2.24) is 4.90 Å². The molecule has 0 saturated heterocycles. The van der Waals surface area contributed by atoms with Crippen LogP contribution in [0, 0.1) is 5.92 Å². The van der Waals surface area contributed by atoms with E-state index < -0.39 is 0 Å². The van der Waals surface area contributed by atoms with Crippen molar-refractivity contribution in [3.8, 4) is 0 Å². The standard InChI is InChI=1S/C8H16ClNO.C6H12O2/c1-4-7(8(9)11)5-6-10(2)3;1-5(7)8-6(2,3)4/h7H,4-6H2,1-3H3;1-4H3. The van der Waals surface area contributed by atoms with Crippen LogP contribution in [0.15, 0.2) is 0 Å². The van der Waals surface area contributed by atoms with Crippen molar-refractivity contribution < 1.29 is 14.3 Å². The Morgan fingerprint density at radius 3 is 1.89 bits per heavy atom. The van der Waals surface area contributed by atoms with Crippen LogP contribution in [-0.4, -0.2) is 42.4 Å². The second-order valence-corrected chi connectivity index (χ2v) is 6.08. The van der Waals surface area contributed by atoms with Gasteiger partial charge in [-0.15, -0.1) is 0 Å². The normalized spacial score (nSPS) is 12.5. The molecule has 0 aromatic carbocycles. The molecule has 0 rings (SSSR count). The Kier molecular flexibility index (Phi) is 11.1. The van der Waals surface area contributed by atoms with Crippen molar-refractivity contribution in [3.63, 3.8) is 0 Å². The molecule has 0 aliphatic rings. The van der Waals surface area contributed by atoms with Gasteiger partial charge in [0.25, 0.3) is 0 Å². The summed E-state index contributed by atoms with van der Waals surface area (Å²) in [4.78, 5) is 23.0. The Morgan fingerprint density at radius 1 is 1.26 bits per heavy atom. The van der Waals surface area contributed by atoms with E-state index in [1.54, 1.807) is 0 Å². The number of ether oxygens (including phenoxy) is 1. The van der Waals surface area contributed by atoms with Gasteiger partial charge in [0.1, 0.15) is 5.60 Å². The molecular formula is C14H28ClNO3. The molecule has 0 radical (unpaired) electrons. The Hall–Kier alpha value is -0.610. The van der Waals surface area contributed by atoms with Crippen molar-refractivity contribution in [3.05, 3.63) is 0 Å². The minimum absolute atomic E-state index is 0.0408. The lowest BCUT2D eigenvalue weighted by molar-refractivity contribution is -0.151. The molecule has 1 unspecified atom stereocenters. The maximum absolute atomic E-state index is 10.7. The highest BCUT2D eigenvalue weighted by Gasteiger charge is 2.13. The fourth-order valence-corrected chi connectivity index (χ4v) is 1.59. The average molecular weight is 294 g/mol. The molecule has 4 nitrogen and oxygen atoms in total. The number of halogens is 1. The maximum atomic E-state index is 10.7. The number of hydrogen-bond donors (Lipinski definition) is 0. The largest absolute Gasteiger partial charge is 0.460 e. The smallest absolute Gasteiger partial charge is 0.303 e. The number of nitrogens with zero attached hydrogens (tertiary/aromatic N) is 1. The first kappa shape index (κ1) is 20.7. The number of carbonyl (C=O) groups is 2. The van der Waals surface area contributed by atoms with Crippen LogP contribution in [0.4, 0.5) is 0 Å². The van der Waals surface area contributed by atoms with Gasteiger partial charge in [0.05, 0.1) is 0 Å². The van der Waals surface area contributed by atoms with Crippen molar-refractivity contribution in [1.29, 1.82) is 0 Å². The average Bonchev–Trinajstić information content (AvgIpc) is 2.14. The number of rotatable bonds is 5. The summed E-state index contributed by atoms with van der Waals surface area (Å²) in [6.07, 6.45) is 1.71. The van der Waals surface area contributed by atoms with Crippen LogP contribution < -0.4 is 0 Å². The molecule has 0 aromatic rings. The van der Waals surface area contributed by atoms with Crippen molar-refractivity contribution in [2.75, 3.05) is 20.6 Å². The van der Waals surface area contributed by atoms with Gasteiger partial charge in [0.2, 0.25) is 5.24 Å². The van der Waals surface area contributed by atoms with Gasteiger partial charge in [0.15, 0.2) is 0 Å². The second-order valence-electron chi connectivity index (χ2n) is 5.71. The van der Waals surface area contributed by atoms with Crippen LogP contribution >= 0.6 is 11.6 Å². The molecule has 0 saturated carbocycles. The van der Waals surface area contributed by atoms with Gasteiger partial charge in [-0.2, -0.15) is 0 Å². The molecule has 1 atom stereocenters.